The van der Waals surface area contributed by atoms with Gasteiger partial charge in [0.15, 0.2) is 0 Å². The van der Waals surface area contributed by atoms with Crippen molar-refractivity contribution in [1.29, 1.82) is 0 Å². The summed E-state index contributed by atoms with van der Waals surface area (Å²) in [5.74, 6) is -1.10. The summed E-state index contributed by atoms with van der Waals surface area (Å²) in [6, 6.07) is 14.8. The molecule has 0 aliphatic heterocycles. The highest BCUT2D eigenvalue weighted by Gasteiger charge is 2.14. The van der Waals surface area contributed by atoms with Gasteiger partial charge in [0.25, 0.3) is 5.91 Å². The van der Waals surface area contributed by atoms with E-state index in [2.05, 4.69) is 10.6 Å². The van der Waals surface area contributed by atoms with Crippen LogP contribution in [0.2, 0.25) is 5.02 Å². The van der Waals surface area contributed by atoms with Crippen LogP contribution in [0.3, 0.4) is 0 Å². The maximum absolute atomic E-state index is 12.1. The van der Waals surface area contributed by atoms with Crippen LogP contribution in [-0.4, -0.2) is 18.4 Å². The summed E-state index contributed by atoms with van der Waals surface area (Å²) in [5.41, 5.74) is 0.0331. The lowest BCUT2D eigenvalue weighted by Gasteiger charge is -2.07. The van der Waals surface area contributed by atoms with Crippen LogP contribution in [0.25, 0.3) is 11.0 Å². The molecule has 0 unspecified atom stereocenters. The molecule has 25 heavy (non-hydrogen) atoms. The number of hydrogen-bond acceptors (Lipinski definition) is 4. The minimum absolute atomic E-state index is 0.155. The Morgan fingerprint density at radius 1 is 1.04 bits per heavy atom. The van der Waals surface area contributed by atoms with Crippen LogP contribution in [-0.2, 0) is 4.79 Å². The topological polar surface area (TPSA) is 88.4 Å². The first-order valence-electron chi connectivity index (χ1n) is 7.39. The van der Waals surface area contributed by atoms with Gasteiger partial charge in [0, 0.05) is 16.1 Å². The summed E-state index contributed by atoms with van der Waals surface area (Å²) in [7, 11) is 0. The molecule has 3 aromatic rings. The monoisotopic (exact) mass is 356 g/mol. The van der Waals surface area contributed by atoms with Crippen molar-refractivity contribution in [2.45, 2.75) is 0 Å². The molecule has 2 aromatic carbocycles. The minimum atomic E-state index is -0.755. The van der Waals surface area contributed by atoms with Crippen LogP contribution in [0, 0.1) is 0 Å². The molecule has 2 amide bonds. The van der Waals surface area contributed by atoms with Crippen molar-refractivity contribution in [3.05, 3.63) is 75.6 Å². The molecule has 6 nitrogen and oxygen atoms in total. The van der Waals surface area contributed by atoms with Crippen LogP contribution >= 0.6 is 11.6 Å². The van der Waals surface area contributed by atoms with Gasteiger partial charge in [-0.15, -0.1) is 0 Å². The predicted octanol–water partition coefficient (Wildman–Crippen LogP) is 2.81. The highest BCUT2D eigenvalue weighted by molar-refractivity contribution is 6.30. The van der Waals surface area contributed by atoms with E-state index < -0.39 is 17.4 Å². The fourth-order valence-corrected chi connectivity index (χ4v) is 2.34. The van der Waals surface area contributed by atoms with Gasteiger partial charge in [-0.25, -0.2) is 4.79 Å². The average Bonchev–Trinajstić information content (AvgIpc) is 2.61. The number of hydrogen-bond donors (Lipinski definition) is 2. The van der Waals surface area contributed by atoms with Crippen molar-refractivity contribution in [2.75, 3.05) is 11.9 Å². The number of fused-ring (bicyclic) bond motifs is 1. The normalized spacial score (nSPS) is 10.4. The maximum atomic E-state index is 12.1. The van der Waals surface area contributed by atoms with Gasteiger partial charge in [-0.05, 0) is 36.4 Å². The van der Waals surface area contributed by atoms with E-state index in [0.29, 0.717) is 21.7 Å². The van der Waals surface area contributed by atoms with E-state index in [1.165, 1.54) is 6.07 Å². The molecule has 126 valence electrons. The third kappa shape index (κ3) is 4.05. The second-order valence-electron chi connectivity index (χ2n) is 5.22. The van der Waals surface area contributed by atoms with Gasteiger partial charge in [0.1, 0.15) is 11.1 Å². The standard InChI is InChI=1S/C18H13ClN2O4/c19-12-5-7-13(8-6-12)21-16(22)10-20-17(23)14-9-11-3-1-2-4-15(11)25-18(14)24/h1-9H,10H2,(H,20,23)(H,21,22). The van der Waals surface area contributed by atoms with Crippen molar-refractivity contribution in [3.63, 3.8) is 0 Å². The zero-order valence-electron chi connectivity index (χ0n) is 12.9. The SMILES string of the molecule is O=C(CNC(=O)c1cc2ccccc2oc1=O)Nc1ccc(Cl)cc1. The lowest BCUT2D eigenvalue weighted by molar-refractivity contribution is -0.115. The molecule has 0 spiro atoms. The first kappa shape index (κ1) is 16.7. The fourth-order valence-electron chi connectivity index (χ4n) is 2.21. The second-order valence-corrected chi connectivity index (χ2v) is 5.66. The maximum Gasteiger partial charge on any atom is 0.349 e. The number of rotatable bonds is 4. The Kier molecular flexibility index (Phi) is 4.81. The van der Waals surface area contributed by atoms with Crippen LogP contribution < -0.4 is 16.3 Å². The summed E-state index contributed by atoms with van der Waals surface area (Å²) in [6.07, 6.45) is 0. The van der Waals surface area contributed by atoms with Gasteiger partial charge >= 0.3 is 5.63 Å². The van der Waals surface area contributed by atoms with E-state index >= 15 is 0 Å². The second kappa shape index (κ2) is 7.19. The van der Waals surface area contributed by atoms with Crippen LogP contribution in [0.4, 0.5) is 5.69 Å². The summed E-state index contributed by atoms with van der Waals surface area (Å²) < 4.78 is 5.10. The molecule has 7 heteroatoms. The number of nitrogens with one attached hydrogen (secondary N) is 2. The first-order chi connectivity index (χ1) is 12.0. The zero-order chi connectivity index (χ0) is 17.8. The molecular weight excluding hydrogens is 344 g/mol. The van der Waals surface area contributed by atoms with E-state index in [0.717, 1.165) is 0 Å². The van der Waals surface area contributed by atoms with E-state index in [9.17, 15) is 14.4 Å². The Labute approximate surface area is 147 Å². The highest BCUT2D eigenvalue weighted by atomic mass is 35.5. The number of carbonyl (C=O) groups excluding carboxylic acids is 2. The van der Waals surface area contributed by atoms with E-state index in [1.807, 2.05) is 0 Å². The number of halogens is 1. The summed E-state index contributed by atoms with van der Waals surface area (Å²) in [5, 5.41) is 6.18. The molecular formula is C18H13ClN2O4. The van der Waals surface area contributed by atoms with Crippen molar-refractivity contribution < 1.29 is 14.0 Å². The van der Waals surface area contributed by atoms with E-state index in [4.69, 9.17) is 16.0 Å². The highest BCUT2D eigenvalue weighted by Crippen LogP contribution is 2.13. The molecule has 3 rings (SSSR count). The van der Waals surface area contributed by atoms with Gasteiger partial charge < -0.3 is 15.1 Å². The number of anilines is 1. The van der Waals surface area contributed by atoms with Crippen LogP contribution in [0.1, 0.15) is 10.4 Å². The number of amides is 2. The van der Waals surface area contributed by atoms with Gasteiger partial charge in [-0.2, -0.15) is 0 Å². The Morgan fingerprint density at radius 2 is 1.76 bits per heavy atom. The number of para-hydroxylation sites is 1. The molecule has 0 fully saturated rings. The Balaban J connectivity index is 1.66. The third-order valence-corrected chi connectivity index (χ3v) is 3.68. The Bertz CT molecular complexity index is 996. The fraction of sp³-hybridized carbons (Fsp3) is 0.0556. The zero-order valence-corrected chi connectivity index (χ0v) is 13.7. The Morgan fingerprint density at radius 3 is 2.52 bits per heavy atom. The smallest absolute Gasteiger partial charge is 0.349 e. The van der Waals surface area contributed by atoms with Gasteiger partial charge in [-0.3, -0.25) is 9.59 Å². The molecule has 0 bridgehead atoms. The lowest BCUT2D eigenvalue weighted by atomic mass is 10.2. The van der Waals surface area contributed by atoms with Crippen LogP contribution in [0.5, 0.6) is 0 Å². The molecule has 1 aromatic heterocycles. The van der Waals surface area contributed by atoms with E-state index in [1.54, 1.807) is 48.5 Å². The molecule has 1 heterocycles. The largest absolute Gasteiger partial charge is 0.422 e. The summed E-state index contributed by atoms with van der Waals surface area (Å²) >= 11 is 5.77. The van der Waals surface area contributed by atoms with Crippen molar-refractivity contribution >= 4 is 40.1 Å². The van der Waals surface area contributed by atoms with Crippen molar-refractivity contribution in [1.82, 2.24) is 5.32 Å². The number of benzene rings is 2. The van der Waals surface area contributed by atoms with Crippen molar-refractivity contribution in [2.24, 2.45) is 0 Å². The van der Waals surface area contributed by atoms with Gasteiger partial charge in [-0.1, -0.05) is 29.8 Å². The molecule has 0 saturated carbocycles. The summed E-state index contributed by atoms with van der Waals surface area (Å²) in [4.78, 5) is 35.9. The summed E-state index contributed by atoms with van der Waals surface area (Å²) in [6.45, 7) is -0.284. The lowest BCUT2D eigenvalue weighted by Crippen LogP contribution is -2.35. The minimum Gasteiger partial charge on any atom is -0.422 e. The number of carbonyl (C=O) groups is 2. The molecule has 0 radical (unpaired) electrons. The Hall–Kier alpha value is -3.12. The molecule has 0 aliphatic rings. The predicted molar refractivity (Wildman–Crippen MR) is 94.9 cm³/mol. The van der Waals surface area contributed by atoms with Crippen LogP contribution in [0.15, 0.2) is 63.8 Å². The van der Waals surface area contributed by atoms with Gasteiger partial charge in [0.05, 0.1) is 6.54 Å². The van der Waals surface area contributed by atoms with Crippen molar-refractivity contribution in [3.8, 4) is 0 Å². The quantitative estimate of drug-likeness (QED) is 0.703. The molecule has 2 N–H and O–H groups in total. The molecule has 0 aliphatic carbocycles. The molecule has 0 saturated heterocycles. The molecule has 0 atom stereocenters. The third-order valence-electron chi connectivity index (χ3n) is 3.42. The first-order valence-corrected chi connectivity index (χ1v) is 7.77. The average molecular weight is 357 g/mol. The van der Waals surface area contributed by atoms with Gasteiger partial charge in [0.2, 0.25) is 5.91 Å². The van der Waals surface area contributed by atoms with E-state index in [-0.39, 0.29) is 12.1 Å².